The first-order chi connectivity index (χ1) is 21.0. The van der Waals surface area contributed by atoms with Crippen molar-refractivity contribution < 1.29 is 19.3 Å². The Morgan fingerprint density at radius 1 is 0.512 bits per heavy atom. The van der Waals surface area contributed by atoms with E-state index in [1.54, 1.807) is 0 Å². The monoisotopic (exact) mass is 572 g/mol. The topological polar surface area (TPSA) is 47.9 Å². The molecule has 0 fully saturated rings. The minimum atomic E-state index is -0.758. The first-order valence-corrected chi connectivity index (χ1v) is 14.9. The normalized spacial score (nSPS) is 11.6. The van der Waals surface area contributed by atoms with Crippen molar-refractivity contribution in [3.05, 3.63) is 160 Å². The van der Waals surface area contributed by atoms with Crippen LogP contribution in [0.25, 0.3) is 0 Å². The summed E-state index contributed by atoms with van der Waals surface area (Å²) in [6.07, 6.45) is 0.400. The predicted molar refractivity (Wildman–Crippen MR) is 173 cm³/mol. The number of para-hydroxylation sites is 1. The largest absolute Gasteiger partial charge is 0.489 e. The molecule has 0 aliphatic carbocycles. The summed E-state index contributed by atoms with van der Waals surface area (Å²) in [7, 11) is 0. The van der Waals surface area contributed by atoms with Crippen LogP contribution in [0, 0.1) is 20.8 Å². The van der Waals surface area contributed by atoms with Crippen molar-refractivity contribution in [1.29, 1.82) is 0 Å². The van der Waals surface area contributed by atoms with Crippen molar-refractivity contribution >= 4 is 0 Å². The van der Waals surface area contributed by atoms with E-state index >= 15 is 0 Å². The number of aliphatic hydroxyl groups is 1. The molecule has 4 nitrogen and oxygen atoms in total. The second kappa shape index (κ2) is 14.6. The molecule has 0 saturated carbocycles. The molecule has 4 heteroatoms. The molecule has 5 aromatic carbocycles. The van der Waals surface area contributed by atoms with Crippen molar-refractivity contribution in [2.24, 2.45) is 0 Å². The smallest absolute Gasteiger partial charge is 0.129 e. The Kier molecular flexibility index (Phi) is 10.1. The Morgan fingerprint density at radius 3 is 1.51 bits per heavy atom. The van der Waals surface area contributed by atoms with E-state index in [1.165, 1.54) is 0 Å². The molecular weight excluding hydrogens is 532 g/mol. The standard InChI is InChI=1S/C39H40O4/c1-28-29(2)39(43-27-33-19-11-6-12-20-33)37(30(3)38(28)42-26-32-17-9-5-10-18-32)35(40)24-23-34-21-13-14-22-36(34)41-25-31-15-7-4-8-16-31/h4-22,35,40H,23-27H2,1-3H3. The van der Waals surface area contributed by atoms with Gasteiger partial charge in [0.2, 0.25) is 0 Å². The van der Waals surface area contributed by atoms with Gasteiger partial charge in [-0.05, 0) is 73.1 Å². The molecule has 0 saturated heterocycles. The minimum Gasteiger partial charge on any atom is -0.489 e. The highest BCUT2D eigenvalue weighted by molar-refractivity contribution is 5.59. The molecule has 0 aromatic heterocycles. The van der Waals surface area contributed by atoms with Gasteiger partial charge >= 0.3 is 0 Å². The fourth-order valence-corrected chi connectivity index (χ4v) is 5.40. The number of hydrogen-bond donors (Lipinski definition) is 1. The molecule has 1 unspecified atom stereocenters. The molecule has 1 N–H and O–H groups in total. The van der Waals surface area contributed by atoms with Crippen molar-refractivity contribution in [2.45, 2.75) is 59.5 Å². The van der Waals surface area contributed by atoms with Crippen LogP contribution < -0.4 is 14.2 Å². The van der Waals surface area contributed by atoms with Gasteiger partial charge in [0, 0.05) is 11.1 Å². The Morgan fingerprint density at radius 2 is 0.953 bits per heavy atom. The molecule has 5 rings (SSSR count). The molecule has 0 heterocycles. The first-order valence-electron chi connectivity index (χ1n) is 14.9. The van der Waals surface area contributed by atoms with Crippen LogP contribution in [-0.4, -0.2) is 5.11 Å². The van der Waals surface area contributed by atoms with Gasteiger partial charge in [-0.2, -0.15) is 0 Å². The SMILES string of the molecule is Cc1c(C)c(OCc2ccccc2)c(C(O)CCc2ccccc2OCc2ccccc2)c(C)c1OCc1ccccc1. The van der Waals surface area contributed by atoms with Gasteiger partial charge in [0.05, 0.1) is 6.10 Å². The molecule has 1 atom stereocenters. The highest BCUT2D eigenvalue weighted by Gasteiger charge is 2.25. The second-order valence-electron chi connectivity index (χ2n) is 10.9. The van der Waals surface area contributed by atoms with Crippen molar-refractivity contribution in [3.8, 4) is 17.2 Å². The third kappa shape index (κ3) is 7.65. The molecular formula is C39H40O4. The van der Waals surface area contributed by atoms with Crippen LogP contribution in [0.5, 0.6) is 17.2 Å². The zero-order valence-corrected chi connectivity index (χ0v) is 25.3. The van der Waals surface area contributed by atoms with E-state index in [9.17, 15) is 5.11 Å². The molecule has 0 spiro atoms. The van der Waals surface area contributed by atoms with Crippen LogP contribution in [-0.2, 0) is 26.2 Å². The average molecular weight is 573 g/mol. The number of aryl methyl sites for hydroxylation is 1. The molecule has 0 radical (unpaired) electrons. The van der Waals surface area contributed by atoms with Crippen molar-refractivity contribution in [2.75, 3.05) is 0 Å². The summed E-state index contributed by atoms with van der Waals surface area (Å²) in [6.45, 7) is 7.50. The highest BCUT2D eigenvalue weighted by atomic mass is 16.5. The Bertz CT molecular complexity index is 1600. The van der Waals surface area contributed by atoms with Gasteiger partial charge in [-0.3, -0.25) is 0 Å². The summed E-state index contributed by atoms with van der Waals surface area (Å²) in [4.78, 5) is 0. The number of ether oxygens (including phenoxy) is 3. The molecule has 5 aromatic rings. The fraction of sp³-hybridized carbons (Fsp3) is 0.231. The van der Waals surface area contributed by atoms with E-state index in [0.717, 1.165) is 61.8 Å². The Balaban J connectivity index is 1.40. The van der Waals surface area contributed by atoms with Crippen LogP contribution in [0.1, 0.15) is 57.0 Å². The zero-order chi connectivity index (χ0) is 30.0. The summed E-state index contributed by atoms with van der Waals surface area (Å²) in [5.41, 5.74) is 8.03. The number of benzene rings is 5. The Hall–Kier alpha value is -4.54. The van der Waals surface area contributed by atoms with Gasteiger partial charge in [0.25, 0.3) is 0 Å². The lowest BCUT2D eigenvalue weighted by Gasteiger charge is -2.25. The van der Waals surface area contributed by atoms with Crippen LogP contribution in [0.2, 0.25) is 0 Å². The molecule has 0 bridgehead atoms. The van der Waals surface area contributed by atoms with Crippen LogP contribution in [0.4, 0.5) is 0 Å². The van der Waals surface area contributed by atoms with Gasteiger partial charge in [0.1, 0.15) is 37.1 Å². The van der Waals surface area contributed by atoms with Crippen molar-refractivity contribution in [3.63, 3.8) is 0 Å². The average Bonchev–Trinajstić information content (AvgIpc) is 3.05. The Labute approximate surface area is 255 Å². The molecule has 0 amide bonds. The van der Waals surface area contributed by atoms with Gasteiger partial charge < -0.3 is 19.3 Å². The van der Waals surface area contributed by atoms with E-state index in [4.69, 9.17) is 14.2 Å². The molecule has 220 valence electrons. The second-order valence-corrected chi connectivity index (χ2v) is 10.9. The van der Waals surface area contributed by atoms with Gasteiger partial charge in [-0.1, -0.05) is 109 Å². The molecule has 43 heavy (non-hydrogen) atoms. The van der Waals surface area contributed by atoms with Crippen LogP contribution in [0.15, 0.2) is 115 Å². The number of aliphatic hydroxyl groups excluding tert-OH is 1. The predicted octanol–water partition coefficient (Wildman–Crippen LogP) is 9.02. The summed E-state index contributed by atoms with van der Waals surface area (Å²) in [6, 6.07) is 38.5. The van der Waals surface area contributed by atoms with E-state index in [-0.39, 0.29) is 0 Å². The van der Waals surface area contributed by atoms with Gasteiger partial charge in [-0.15, -0.1) is 0 Å². The van der Waals surface area contributed by atoms with Gasteiger partial charge in [0.15, 0.2) is 0 Å². The van der Waals surface area contributed by atoms with E-state index in [2.05, 4.69) is 49.4 Å². The molecule has 0 aliphatic rings. The fourth-order valence-electron chi connectivity index (χ4n) is 5.40. The van der Waals surface area contributed by atoms with E-state index < -0.39 is 6.10 Å². The van der Waals surface area contributed by atoms with Crippen molar-refractivity contribution in [1.82, 2.24) is 0 Å². The van der Waals surface area contributed by atoms with Crippen LogP contribution in [0.3, 0.4) is 0 Å². The quantitative estimate of drug-likeness (QED) is 0.153. The van der Waals surface area contributed by atoms with E-state index in [1.807, 2.05) is 86.6 Å². The highest BCUT2D eigenvalue weighted by Crippen LogP contribution is 2.43. The lowest BCUT2D eigenvalue weighted by Crippen LogP contribution is -2.12. The first kappa shape index (κ1) is 29.9. The lowest BCUT2D eigenvalue weighted by molar-refractivity contribution is 0.158. The van der Waals surface area contributed by atoms with Crippen LogP contribution >= 0.6 is 0 Å². The maximum atomic E-state index is 11.8. The zero-order valence-electron chi connectivity index (χ0n) is 25.3. The third-order valence-corrected chi connectivity index (χ3v) is 7.92. The summed E-state index contributed by atoms with van der Waals surface area (Å²) < 4.78 is 19.1. The number of rotatable bonds is 13. The summed E-state index contributed by atoms with van der Waals surface area (Å²) >= 11 is 0. The summed E-state index contributed by atoms with van der Waals surface area (Å²) in [5.74, 6) is 2.36. The summed E-state index contributed by atoms with van der Waals surface area (Å²) in [5, 5.41) is 11.8. The molecule has 0 aliphatic heterocycles. The van der Waals surface area contributed by atoms with E-state index in [0.29, 0.717) is 32.7 Å². The third-order valence-electron chi connectivity index (χ3n) is 7.92. The number of hydrogen-bond acceptors (Lipinski definition) is 4. The maximum absolute atomic E-state index is 11.8. The maximum Gasteiger partial charge on any atom is 0.129 e. The lowest BCUT2D eigenvalue weighted by atomic mass is 9.91. The minimum absolute atomic E-state index is 0.417. The van der Waals surface area contributed by atoms with Gasteiger partial charge in [-0.25, -0.2) is 0 Å².